The molecule has 12 heterocycles. The van der Waals surface area contributed by atoms with Gasteiger partial charge in [0.25, 0.3) is 0 Å². The zero-order valence-electron chi connectivity index (χ0n) is 72.7. The molecule has 0 spiro atoms. The van der Waals surface area contributed by atoms with Crippen LogP contribution < -0.4 is 0 Å². The lowest BCUT2D eigenvalue weighted by molar-refractivity contribution is -0.279. The minimum absolute atomic E-state index is 0.0155. The number of benzene rings is 2. The largest absolute Gasteiger partial charge is 0.425 e. The molecule has 11 fully saturated rings. The first-order valence-corrected chi connectivity index (χ1v) is 41.5. The third-order valence-electron chi connectivity index (χ3n) is 23.0. The average molecular weight is 1680 g/mol. The van der Waals surface area contributed by atoms with Crippen molar-refractivity contribution >= 4 is 53.0 Å². The third kappa shape index (κ3) is 24.4. The highest BCUT2D eigenvalue weighted by molar-refractivity contribution is 6.30. The van der Waals surface area contributed by atoms with Crippen LogP contribution >= 0.6 is 11.6 Å². The normalized spacial score (nSPS) is 21.9. The fourth-order valence-electron chi connectivity index (χ4n) is 15.0. The van der Waals surface area contributed by atoms with Crippen molar-refractivity contribution in [2.24, 2.45) is 43.8 Å². The second kappa shape index (κ2) is 36.2. The van der Waals surface area contributed by atoms with Crippen LogP contribution in [-0.4, -0.2) is 286 Å². The fourth-order valence-corrected chi connectivity index (χ4v) is 15.1. The van der Waals surface area contributed by atoms with Crippen LogP contribution in [0.3, 0.4) is 0 Å². The lowest BCUT2D eigenvalue weighted by Gasteiger charge is -2.54. The molecule has 0 N–H and O–H groups in total. The quantitative estimate of drug-likeness (QED) is 0.162. The standard InChI is InChI=1S/C14H18ClNO.C14H18FNO.C13H17FN2O.C12H18F4N2O.C12H19F3N2O.C11H19FN2O.C11H20N2O/c1-14(2,3)13(17)16-9-8-12(16)10-4-6-11(15)7-5-10;1-13(2,3)12(17)16-9-14(15,10-16)11-7-5-4-6-8-11;1-13(2,3)12(17)16-7-9(8-16)10-5-4-6-11(14)15-10;1-10(2,3)9(19)17-4-8(5-17)18-6-11(13,7-18)12(14,15)16;1-11(2,3)10(18)17-6-9(7-17)16-4-8(5-16)12(13,14)15;1-11(2,3)10(15)14-6-9(7-14)13-4-8(12)5-13;1-11(2,3)10(14)13-7-9(8-13)12-5-4-6-12/h4-7,12H,8-9H2,1-3H3;4-8H,9-10H2,1-3H3;4-6,9H,7-8H2,1-3H3;8H,4-7H2,1-3H3;8-9H,4-7H2,1-3H3;8-9H,4-7H2,1-3H3;9H,4-8H2,1-3H3. The number of amides is 7. The minimum Gasteiger partial charge on any atom is -0.341 e. The van der Waals surface area contributed by atoms with E-state index in [1.165, 1.54) is 36.0 Å². The van der Waals surface area contributed by atoms with Gasteiger partial charge in [0.05, 0.1) is 30.7 Å². The molecule has 11 aliphatic rings. The monoisotopic (exact) mass is 1680 g/mol. The molecule has 3 aromatic rings. The Morgan fingerprint density at radius 3 is 1.09 bits per heavy atom. The van der Waals surface area contributed by atoms with Gasteiger partial charge in [0.2, 0.25) is 53.0 Å². The van der Waals surface area contributed by atoms with E-state index in [1.807, 2.05) is 193 Å². The molecule has 2 aromatic carbocycles. The van der Waals surface area contributed by atoms with Gasteiger partial charge in [0, 0.05) is 184 Å². The van der Waals surface area contributed by atoms with E-state index in [4.69, 9.17) is 11.6 Å². The van der Waals surface area contributed by atoms with Gasteiger partial charge in [-0.05, 0) is 61.3 Å². The summed E-state index contributed by atoms with van der Waals surface area (Å²) in [4.78, 5) is 108. The van der Waals surface area contributed by atoms with Crippen molar-refractivity contribution in [2.75, 3.05) is 137 Å². The summed E-state index contributed by atoms with van der Waals surface area (Å²) >= 11 is 5.87. The predicted molar refractivity (Wildman–Crippen MR) is 433 cm³/mol. The second-order valence-electron chi connectivity index (χ2n) is 40.8. The minimum atomic E-state index is -4.80. The Hall–Kier alpha value is -6.69. The molecule has 7 amide bonds. The summed E-state index contributed by atoms with van der Waals surface area (Å²) in [5, 5.41) is 0.738. The number of halogens is 11. The van der Waals surface area contributed by atoms with Gasteiger partial charge in [0.1, 0.15) is 6.17 Å². The van der Waals surface area contributed by atoms with Gasteiger partial charge in [-0.1, -0.05) is 206 Å². The number of likely N-dealkylation sites (tertiary alicyclic amines) is 11. The molecular formula is C87H129ClF10N12O7. The molecule has 11 saturated heterocycles. The number of pyridine rings is 1. The van der Waals surface area contributed by atoms with E-state index in [0.29, 0.717) is 75.9 Å². The number of alkyl halides is 9. The molecule has 0 radical (unpaired) electrons. The van der Waals surface area contributed by atoms with E-state index in [-0.39, 0.29) is 107 Å². The van der Waals surface area contributed by atoms with E-state index in [9.17, 15) is 77.5 Å². The molecule has 1 aromatic heterocycles. The van der Waals surface area contributed by atoms with E-state index < -0.39 is 71.1 Å². The molecular weight excluding hydrogens is 1550 g/mol. The summed E-state index contributed by atoms with van der Waals surface area (Å²) in [5.41, 5.74) is -4.32. The maximum absolute atomic E-state index is 14.4. The first kappa shape index (κ1) is 95.8. The van der Waals surface area contributed by atoms with Gasteiger partial charge in [-0.25, -0.2) is 18.2 Å². The summed E-state index contributed by atoms with van der Waals surface area (Å²) in [6.07, 6.45) is -7.12. The molecule has 0 bridgehead atoms. The van der Waals surface area contributed by atoms with Crippen LogP contribution in [-0.2, 0) is 39.2 Å². The van der Waals surface area contributed by atoms with E-state index in [0.717, 1.165) is 49.9 Å². The van der Waals surface area contributed by atoms with Crippen molar-refractivity contribution < 1.29 is 77.5 Å². The summed E-state index contributed by atoms with van der Waals surface area (Å²) in [5.74, 6) is -0.510. The number of hydrogen-bond donors (Lipinski definition) is 0. The van der Waals surface area contributed by atoms with Crippen molar-refractivity contribution in [1.29, 1.82) is 0 Å². The van der Waals surface area contributed by atoms with Crippen molar-refractivity contribution in [2.45, 2.75) is 224 Å². The Kier molecular flexibility index (Phi) is 29.6. The third-order valence-corrected chi connectivity index (χ3v) is 23.3. The molecule has 117 heavy (non-hydrogen) atoms. The van der Waals surface area contributed by atoms with Gasteiger partial charge in [0.15, 0.2) is 5.67 Å². The molecule has 14 rings (SSSR count). The van der Waals surface area contributed by atoms with Crippen molar-refractivity contribution in [3.05, 3.63) is 101 Å². The first-order chi connectivity index (χ1) is 53.5. The number of hydrogen-bond acceptors (Lipinski definition) is 12. The Morgan fingerprint density at radius 2 is 0.761 bits per heavy atom. The number of nitrogens with zero attached hydrogens (tertiary/aromatic N) is 12. The Morgan fingerprint density at radius 1 is 0.402 bits per heavy atom. The smallest absolute Gasteiger partial charge is 0.341 e. The van der Waals surface area contributed by atoms with Crippen LogP contribution in [0.15, 0.2) is 72.8 Å². The first-order valence-electron chi connectivity index (χ1n) is 41.1. The zero-order valence-corrected chi connectivity index (χ0v) is 73.4. The van der Waals surface area contributed by atoms with Crippen molar-refractivity contribution in [3.8, 4) is 0 Å². The van der Waals surface area contributed by atoms with Crippen molar-refractivity contribution in [1.82, 2.24) is 58.9 Å². The SMILES string of the molecule is CC(C)(C)C(=O)N1CC(F)(c2ccccc2)C1.CC(C)(C)C(=O)N1CC(N2CC(C(F)(F)F)C2)C1.CC(C)(C)C(=O)N1CC(N2CC(F)(C(F)(F)F)C2)C1.CC(C)(C)C(=O)N1CC(N2CC(F)C2)C1.CC(C)(C)C(=O)N1CC(N2CCC2)C1.CC(C)(C)C(=O)N1CC(c2cccc(F)n2)C1.CC(C)(C)C(=O)N1CCC1c1ccc(Cl)cc1. The van der Waals surface area contributed by atoms with Crippen LogP contribution in [0, 0.1) is 49.8 Å². The summed E-state index contributed by atoms with van der Waals surface area (Å²) < 4.78 is 127. The molecule has 1 atom stereocenters. The van der Waals surface area contributed by atoms with E-state index in [1.54, 1.807) is 58.6 Å². The molecule has 656 valence electrons. The lowest BCUT2D eigenvalue weighted by atomic mass is 9.84. The number of carbonyl (C=O) groups excluding carboxylic acids is 7. The highest BCUT2D eigenvalue weighted by Gasteiger charge is 2.65. The summed E-state index contributed by atoms with van der Waals surface area (Å²) in [6, 6.07) is 22.9. The maximum Gasteiger partial charge on any atom is 0.425 e. The van der Waals surface area contributed by atoms with Crippen LogP contribution in [0.5, 0.6) is 0 Å². The second-order valence-corrected chi connectivity index (χ2v) is 41.3. The maximum atomic E-state index is 14.4. The number of rotatable bonds is 7. The van der Waals surface area contributed by atoms with Gasteiger partial charge in [-0.2, -0.15) is 30.7 Å². The molecule has 0 aliphatic carbocycles. The van der Waals surface area contributed by atoms with Crippen LogP contribution in [0.25, 0.3) is 0 Å². The predicted octanol–water partition coefficient (Wildman–Crippen LogP) is 14.0. The lowest BCUT2D eigenvalue weighted by Crippen LogP contribution is -2.74. The Balaban J connectivity index is 0.000000171. The van der Waals surface area contributed by atoms with Gasteiger partial charge in [-0.3, -0.25) is 53.2 Å². The van der Waals surface area contributed by atoms with E-state index >= 15 is 0 Å². The molecule has 19 nitrogen and oxygen atoms in total. The number of aromatic nitrogens is 1. The topological polar surface area (TPSA) is 168 Å². The highest BCUT2D eigenvalue weighted by Crippen LogP contribution is 2.45. The Labute approximate surface area is 692 Å². The van der Waals surface area contributed by atoms with Gasteiger partial charge < -0.3 is 34.3 Å². The van der Waals surface area contributed by atoms with Gasteiger partial charge >= 0.3 is 12.4 Å². The zero-order chi connectivity index (χ0) is 87.9. The Bertz CT molecular complexity index is 3880. The number of carbonyl (C=O) groups is 7. The molecule has 11 aliphatic heterocycles. The molecule has 30 heteroatoms. The van der Waals surface area contributed by atoms with Gasteiger partial charge in [-0.15, -0.1) is 0 Å². The fraction of sp³-hybridized carbons (Fsp3) is 0.724. The molecule has 1 unspecified atom stereocenters. The summed E-state index contributed by atoms with van der Waals surface area (Å²) in [6.45, 7) is 50.4. The summed E-state index contributed by atoms with van der Waals surface area (Å²) in [7, 11) is 0. The van der Waals surface area contributed by atoms with E-state index in [2.05, 4.69) is 14.8 Å². The highest BCUT2D eigenvalue weighted by atomic mass is 35.5. The van der Waals surface area contributed by atoms with Crippen LogP contribution in [0.2, 0.25) is 5.02 Å². The van der Waals surface area contributed by atoms with Crippen molar-refractivity contribution in [3.63, 3.8) is 0 Å². The average Bonchev–Trinajstić information content (AvgIpc) is 0.503. The molecule has 0 saturated carbocycles. The van der Waals surface area contributed by atoms with Crippen LogP contribution in [0.4, 0.5) is 43.9 Å². The van der Waals surface area contributed by atoms with Crippen LogP contribution in [0.1, 0.15) is 187 Å².